The first kappa shape index (κ1) is 20.6. The Morgan fingerprint density at radius 1 is 1.28 bits per heavy atom. The van der Waals surface area contributed by atoms with Crippen LogP contribution in [-0.4, -0.2) is 43.0 Å². The van der Waals surface area contributed by atoms with E-state index in [0.717, 1.165) is 22.3 Å². The minimum Gasteiger partial charge on any atom is -0.338 e. The number of nitrogens with zero attached hydrogens (tertiary/aromatic N) is 3. The van der Waals surface area contributed by atoms with Gasteiger partial charge in [-0.2, -0.15) is 0 Å². The number of carbonyl (C=O) groups is 1. The first-order valence-electron chi connectivity index (χ1n) is 9.24. The van der Waals surface area contributed by atoms with Crippen molar-refractivity contribution in [2.75, 3.05) is 32.1 Å². The largest absolute Gasteiger partial charge is 0.338 e. The molecule has 0 bridgehead atoms. The number of nitrogens with one attached hydrogen (secondary N) is 1. The molecule has 3 aromatic rings. The maximum atomic E-state index is 13.0. The Kier molecular flexibility index (Phi) is 6.36. The van der Waals surface area contributed by atoms with E-state index in [1.807, 2.05) is 33.2 Å². The summed E-state index contributed by atoms with van der Waals surface area (Å²) in [6.07, 6.45) is 3.05. The van der Waals surface area contributed by atoms with Crippen LogP contribution in [0.5, 0.6) is 0 Å². The summed E-state index contributed by atoms with van der Waals surface area (Å²) < 4.78 is 1.04. The highest BCUT2D eigenvalue weighted by atomic mass is 32.1. The summed E-state index contributed by atoms with van der Waals surface area (Å²) in [5, 5.41) is 11.6. The SMILES string of the molecule is Cc1ccc2nc(N(CC[NH+](C)C)C(=O)/C=C/c3cccc([N+](=O)[O-])c3)sc2c1. The van der Waals surface area contributed by atoms with E-state index >= 15 is 0 Å². The Morgan fingerprint density at radius 3 is 2.79 bits per heavy atom. The van der Waals surface area contributed by atoms with Crippen molar-refractivity contribution in [3.8, 4) is 0 Å². The highest BCUT2D eigenvalue weighted by molar-refractivity contribution is 7.22. The summed E-state index contributed by atoms with van der Waals surface area (Å²) in [6.45, 7) is 3.32. The highest BCUT2D eigenvalue weighted by Crippen LogP contribution is 2.29. The number of benzene rings is 2. The fraction of sp³-hybridized carbons (Fsp3) is 0.238. The molecular formula is C21H23N4O3S+. The summed E-state index contributed by atoms with van der Waals surface area (Å²) in [4.78, 5) is 31.0. The van der Waals surface area contributed by atoms with Crippen LogP contribution in [0.15, 0.2) is 48.5 Å². The van der Waals surface area contributed by atoms with Gasteiger partial charge in [0.05, 0.1) is 42.3 Å². The van der Waals surface area contributed by atoms with E-state index in [1.54, 1.807) is 23.1 Å². The van der Waals surface area contributed by atoms with Crippen LogP contribution < -0.4 is 9.80 Å². The summed E-state index contributed by atoms with van der Waals surface area (Å²) >= 11 is 1.49. The minimum absolute atomic E-state index is 0.00537. The number of hydrogen-bond acceptors (Lipinski definition) is 5. The summed E-state index contributed by atoms with van der Waals surface area (Å²) in [6, 6.07) is 12.2. The molecule has 8 heteroatoms. The molecule has 0 aliphatic rings. The average molecular weight is 412 g/mol. The maximum Gasteiger partial charge on any atom is 0.270 e. The zero-order chi connectivity index (χ0) is 21.0. The monoisotopic (exact) mass is 411 g/mol. The molecule has 150 valence electrons. The topological polar surface area (TPSA) is 80.8 Å². The first-order valence-corrected chi connectivity index (χ1v) is 10.1. The number of hydrogen-bond donors (Lipinski definition) is 1. The van der Waals surface area contributed by atoms with Crippen molar-refractivity contribution in [2.45, 2.75) is 6.92 Å². The predicted molar refractivity (Wildman–Crippen MR) is 117 cm³/mol. The number of anilines is 1. The van der Waals surface area contributed by atoms with Gasteiger partial charge >= 0.3 is 0 Å². The third-order valence-electron chi connectivity index (χ3n) is 4.36. The van der Waals surface area contributed by atoms with Gasteiger partial charge in [0.2, 0.25) is 0 Å². The molecule has 3 rings (SSSR count). The number of likely N-dealkylation sites (N-methyl/N-ethyl adjacent to an activating group) is 1. The van der Waals surface area contributed by atoms with Gasteiger partial charge in [-0.3, -0.25) is 19.8 Å². The molecular weight excluding hydrogens is 388 g/mol. The van der Waals surface area contributed by atoms with E-state index in [0.29, 0.717) is 17.2 Å². The van der Waals surface area contributed by atoms with Crippen LogP contribution >= 0.6 is 11.3 Å². The third kappa shape index (κ3) is 5.24. The number of aromatic nitrogens is 1. The van der Waals surface area contributed by atoms with Gasteiger partial charge < -0.3 is 4.90 Å². The van der Waals surface area contributed by atoms with Crippen LogP contribution in [0, 0.1) is 17.0 Å². The van der Waals surface area contributed by atoms with Crippen molar-refractivity contribution in [3.63, 3.8) is 0 Å². The number of fused-ring (bicyclic) bond motifs is 1. The summed E-state index contributed by atoms with van der Waals surface area (Å²) in [7, 11) is 4.06. The molecule has 1 N–H and O–H groups in total. The zero-order valence-electron chi connectivity index (χ0n) is 16.6. The van der Waals surface area contributed by atoms with Crippen LogP contribution in [0.2, 0.25) is 0 Å². The molecule has 1 amide bonds. The Bertz CT molecular complexity index is 1070. The third-order valence-corrected chi connectivity index (χ3v) is 5.41. The van der Waals surface area contributed by atoms with E-state index < -0.39 is 4.92 Å². The average Bonchev–Trinajstić information content (AvgIpc) is 3.09. The molecule has 0 saturated carbocycles. The standard InChI is InChI=1S/C21H22N4O3S/c1-15-7-9-18-19(13-15)29-21(22-18)24(12-11-23(2)3)20(26)10-8-16-5-4-6-17(14-16)25(27)28/h4-10,13-14H,11-12H2,1-3H3/p+1/b10-8+. The van der Waals surface area contributed by atoms with Crippen molar-refractivity contribution in [3.05, 3.63) is 69.8 Å². The minimum atomic E-state index is -0.450. The molecule has 0 aliphatic heterocycles. The zero-order valence-corrected chi connectivity index (χ0v) is 17.4. The number of rotatable bonds is 7. The fourth-order valence-corrected chi connectivity index (χ4v) is 3.87. The maximum absolute atomic E-state index is 13.0. The van der Waals surface area contributed by atoms with Gasteiger partial charge in [0.15, 0.2) is 5.13 Å². The van der Waals surface area contributed by atoms with Crippen molar-refractivity contribution in [1.29, 1.82) is 0 Å². The lowest BCUT2D eigenvalue weighted by atomic mass is 10.2. The quantitative estimate of drug-likeness (QED) is 0.368. The van der Waals surface area contributed by atoms with E-state index in [1.165, 1.54) is 34.4 Å². The summed E-state index contributed by atoms with van der Waals surface area (Å²) in [5.74, 6) is -0.200. The number of nitro groups is 1. The van der Waals surface area contributed by atoms with Crippen LogP contribution in [0.4, 0.5) is 10.8 Å². The smallest absolute Gasteiger partial charge is 0.270 e. The molecule has 1 aromatic heterocycles. The van der Waals surface area contributed by atoms with E-state index in [-0.39, 0.29) is 11.6 Å². The predicted octanol–water partition coefficient (Wildman–Crippen LogP) is 2.70. The van der Waals surface area contributed by atoms with Crippen molar-refractivity contribution >= 4 is 44.4 Å². The number of amides is 1. The lowest BCUT2D eigenvalue weighted by Gasteiger charge is -2.19. The highest BCUT2D eigenvalue weighted by Gasteiger charge is 2.19. The molecule has 7 nitrogen and oxygen atoms in total. The molecule has 0 saturated heterocycles. The normalized spacial score (nSPS) is 11.4. The van der Waals surface area contributed by atoms with Crippen LogP contribution in [0.1, 0.15) is 11.1 Å². The van der Waals surface area contributed by atoms with Crippen molar-refractivity contribution in [1.82, 2.24) is 4.98 Å². The lowest BCUT2D eigenvalue weighted by molar-refractivity contribution is -0.856. The number of carbonyl (C=O) groups excluding carboxylic acids is 1. The Labute approximate surface area is 173 Å². The summed E-state index contributed by atoms with van der Waals surface area (Å²) in [5.41, 5.74) is 2.61. The number of nitro benzene ring substituents is 1. The second kappa shape index (κ2) is 8.93. The van der Waals surface area contributed by atoms with Crippen LogP contribution in [0.25, 0.3) is 16.3 Å². The molecule has 0 radical (unpaired) electrons. The van der Waals surface area contributed by atoms with Gasteiger partial charge in [0, 0.05) is 18.2 Å². The van der Waals surface area contributed by atoms with Gasteiger partial charge in [-0.1, -0.05) is 29.5 Å². The first-order chi connectivity index (χ1) is 13.8. The molecule has 0 fully saturated rings. The van der Waals surface area contributed by atoms with Crippen molar-refractivity contribution < 1.29 is 14.6 Å². The van der Waals surface area contributed by atoms with Gasteiger partial charge in [-0.15, -0.1) is 0 Å². The molecule has 2 aromatic carbocycles. The second-order valence-corrected chi connectivity index (χ2v) is 8.11. The number of non-ortho nitro benzene ring substituents is 1. The van der Waals surface area contributed by atoms with Crippen LogP contribution in [-0.2, 0) is 4.79 Å². The second-order valence-electron chi connectivity index (χ2n) is 7.10. The van der Waals surface area contributed by atoms with Crippen molar-refractivity contribution in [2.24, 2.45) is 0 Å². The molecule has 29 heavy (non-hydrogen) atoms. The molecule has 0 unspecified atom stereocenters. The number of aryl methyl sites for hydroxylation is 1. The number of thiazole rings is 1. The molecule has 0 aliphatic carbocycles. The van der Waals surface area contributed by atoms with Gasteiger partial charge in [0.25, 0.3) is 11.6 Å². The van der Waals surface area contributed by atoms with Gasteiger partial charge in [-0.05, 0) is 36.3 Å². The van der Waals surface area contributed by atoms with E-state index in [9.17, 15) is 14.9 Å². The van der Waals surface area contributed by atoms with Crippen LogP contribution in [0.3, 0.4) is 0 Å². The molecule has 1 heterocycles. The van der Waals surface area contributed by atoms with Gasteiger partial charge in [-0.25, -0.2) is 4.98 Å². The fourth-order valence-electron chi connectivity index (χ4n) is 2.77. The van der Waals surface area contributed by atoms with E-state index in [2.05, 4.69) is 11.1 Å². The molecule has 0 atom stereocenters. The lowest BCUT2D eigenvalue weighted by Crippen LogP contribution is -3.06. The Morgan fingerprint density at radius 2 is 2.07 bits per heavy atom. The molecule has 0 spiro atoms. The number of quaternary nitrogens is 1. The van der Waals surface area contributed by atoms with E-state index in [4.69, 9.17) is 0 Å². The van der Waals surface area contributed by atoms with Gasteiger partial charge in [0.1, 0.15) is 0 Å². The Hall–Kier alpha value is -3.10. The Balaban J connectivity index is 1.87.